The van der Waals surface area contributed by atoms with E-state index < -0.39 is 5.97 Å². The molecule has 222 valence electrons. The van der Waals surface area contributed by atoms with Crippen LogP contribution in [0.25, 0.3) is 27.8 Å². The molecule has 4 aromatic rings. The molecular formula is C32H36N8O3. The number of aromatic nitrogens is 5. The molecule has 0 saturated carbocycles. The van der Waals surface area contributed by atoms with Gasteiger partial charge in [0.15, 0.2) is 11.3 Å². The fourth-order valence-electron chi connectivity index (χ4n) is 5.74. The number of anilines is 2. The molecule has 0 spiro atoms. The van der Waals surface area contributed by atoms with Crippen LogP contribution in [0.2, 0.25) is 0 Å². The van der Waals surface area contributed by atoms with Gasteiger partial charge in [-0.05, 0) is 55.5 Å². The highest BCUT2D eigenvalue weighted by Gasteiger charge is 2.25. The molecule has 2 aliphatic rings. The summed E-state index contributed by atoms with van der Waals surface area (Å²) in [5, 5.41) is 15.2. The van der Waals surface area contributed by atoms with Crippen molar-refractivity contribution in [1.29, 1.82) is 5.26 Å². The van der Waals surface area contributed by atoms with Crippen molar-refractivity contribution >= 4 is 28.6 Å². The van der Waals surface area contributed by atoms with Crippen LogP contribution < -0.4 is 9.80 Å². The van der Waals surface area contributed by atoms with E-state index in [4.69, 9.17) is 24.5 Å². The molecule has 0 bridgehead atoms. The lowest BCUT2D eigenvalue weighted by atomic mass is 9.97. The standard InChI is InChI=1S/C32H36N8O3/c1-4-43-32(41)26-18-25(23-5-6-27(35-20-23)38-11-8-22(19-33)9-12-38)29-30(21(2)3)37-40(31(29)36-26)24-7-10-34-28(17-24)39-13-15-42-16-14-39/h5-7,10,17-18,20-22H,4,8-9,11-16H2,1-3H3. The third-order valence-electron chi connectivity index (χ3n) is 8.07. The number of hydrogen-bond acceptors (Lipinski definition) is 10. The summed E-state index contributed by atoms with van der Waals surface area (Å²) in [6.07, 6.45) is 5.31. The average Bonchev–Trinajstić information content (AvgIpc) is 3.45. The minimum atomic E-state index is -0.488. The van der Waals surface area contributed by atoms with Crippen molar-refractivity contribution in [2.75, 3.05) is 55.8 Å². The molecule has 0 atom stereocenters. The molecule has 0 unspecified atom stereocenters. The maximum atomic E-state index is 13.0. The van der Waals surface area contributed by atoms with Crippen molar-refractivity contribution < 1.29 is 14.3 Å². The number of pyridine rings is 3. The number of nitriles is 1. The van der Waals surface area contributed by atoms with E-state index in [1.165, 1.54) is 0 Å². The largest absolute Gasteiger partial charge is 0.461 e. The predicted molar refractivity (Wildman–Crippen MR) is 164 cm³/mol. The van der Waals surface area contributed by atoms with Gasteiger partial charge in [-0.2, -0.15) is 10.4 Å². The number of carbonyl (C=O) groups excluding carboxylic acids is 1. The van der Waals surface area contributed by atoms with Gasteiger partial charge in [0.1, 0.15) is 11.6 Å². The summed E-state index contributed by atoms with van der Waals surface area (Å²) >= 11 is 0. The van der Waals surface area contributed by atoms with E-state index in [9.17, 15) is 10.1 Å². The van der Waals surface area contributed by atoms with E-state index >= 15 is 0 Å². The number of ether oxygens (including phenoxy) is 2. The first-order chi connectivity index (χ1) is 21.0. The molecule has 4 aromatic heterocycles. The van der Waals surface area contributed by atoms with Gasteiger partial charge in [-0.15, -0.1) is 0 Å². The van der Waals surface area contributed by atoms with Crippen LogP contribution in [0.5, 0.6) is 0 Å². The second-order valence-electron chi connectivity index (χ2n) is 11.2. The van der Waals surface area contributed by atoms with Crippen LogP contribution in [-0.2, 0) is 9.47 Å². The van der Waals surface area contributed by atoms with Crippen LogP contribution >= 0.6 is 0 Å². The van der Waals surface area contributed by atoms with Crippen LogP contribution in [0.4, 0.5) is 11.6 Å². The van der Waals surface area contributed by atoms with Gasteiger partial charge in [0.2, 0.25) is 0 Å². The number of piperidine rings is 1. The quantitative estimate of drug-likeness (QED) is 0.283. The third-order valence-corrected chi connectivity index (χ3v) is 8.07. The summed E-state index contributed by atoms with van der Waals surface area (Å²) in [5.41, 5.74) is 4.16. The zero-order chi connectivity index (χ0) is 29.9. The van der Waals surface area contributed by atoms with Gasteiger partial charge >= 0.3 is 5.97 Å². The van der Waals surface area contributed by atoms with Crippen molar-refractivity contribution in [3.8, 4) is 22.9 Å². The van der Waals surface area contributed by atoms with Crippen molar-refractivity contribution in [3.05, 3.63) is 54.1 Å². The first kappa shape index (κ1) is 28.6. The van der Waals surface area contributed by atoms with Gasteiger partial charge in [0.25, 0.3) is 0 Å². The van der Waals surface area contributed by atoms with Gasteiger partial charge in [0.05, 0.1) is 42.7 Å². The first-order valence-electron chi connectivity index (χ1n) is 15.0. The maximum Gasteiger partial charge on any atom is 0.357 e. The van der Waals surface area contributed by atoms with Gasteiger partial charge in [0, 0.05) is 56.1 Å². The molecule has 0 N–H and O–H groups in total. The Bertz CT molecular complexity index is 1650. The topological polar surface area (TPSA) is 122 Å². The Morgan fingerprint density at radius 1 is 1.07 bits per heavy atom. The highest BCUT2D eigenvalue weighted by atomic mass is 16.5. The van der Waals surface area contributed by atoms with Gasteiger partial charge in [-0.25, -0.2) is 24.4 Å². The normalized spacial score (nSPS) is 16.1. The molecule has 6 rings (SSSR count). The van der Waals surface area contributed by atoms with E-state index in [1.54, 1.807) is 19.2 Å². The highest BCUT2D eigenvalue weighted by Crippen LogP contribution is 2.36. The van der Waals surface area contributed by atoms with Crippen LogP contribution in [0, 0.1) is 17.2 Å². The van der Waals surface area contributed by atoms with E-state index in [0.717, 1.165) is 78.6 Å². The molecule has 2 fully saturated rings. The number of esters is 1. The Kier molecular flexibility index (Phi) is 8.20. The van der Waals surface area contributed by atoms with Crippen LogP contribution in [-0.4, -0.2) is 76.7 Å². The van der Waals surface area contributed by atoms with Crippen LogP contribution in [0.3, 0.4) is 0 Å². The molecule has 0 aromatic carbocycles. The zero-order valence-electron chi connectivity index (χ0n) is 24.9. The molecule has 0 amide bonds. The fourth-order valence-corrected chi connectivity index (χ4v) is 5.74. The molecule has 6 heterocycles. The number of carbonyl (C=O) groups is 1. The third kappa shape index (κ3) is 5.75. The smallest absolute Gasteiger partial charge is 0.357 e. The Morgan fingerprint density at radius 2 is 1.84 bits per heavy atom. The monoisotopic (exact) mass is 580 g/mol. The minimum Gasteiger partial charge on any atom is -0.461 e. The lowest BCUT2D eigenvalue weighted by Crippen LogP contribution is -2.36. The van der Waals surface area contributed by atoms with Gasteiger partial charge in [-0.1, -0.05) is 13.8 Å². The number of morpholine rings is 1. The molecule has 11 nitrogen and oxygen atoms in total. The van der Waals surface area contributed by atoms with E-state index in [2.05, 4.69) is 34.7 Å². The van der Waals surface area contributed by atoms with Crippen LogP contribution in [0.1, 0.15) is 55.7 Å². The molecule has 0 radical (unpaired) electrons. The Morgan fingerprint density at radius 3 is 2.51 bits per heavy atom. The van der Waals surface area contributed by atoms with Gasteiger partial charge in [-0.3, -0.25) is 0 Å². The summed E-state index contributed by atoms with van der Waals surface area (Å²) in [4.78, 5) is 31.7. The molecule has 2 aliphatic heterocycles. The molecule has 43 heavy (non-hydrogen) atoms. The number of hydrogen-bond donors (Lipinski definition) is 0. The molecule has 2 saturated heterocycles. The summed E-state index contributed by atoms with van der Waals surface area (Å²) < 4.78 is 12.7. The number of nitrogens with zero attached hydrogens (tertiary/aromatic N) is 8. The lowest BCUT2D eigenvalue weighted by Gasteiger charge is -2.30. The van der Waals surface area contributed by atoms with E-state index in [-0.39, 0.29) is 24.1 Å². The summed E-state index contributed by atoms with van der Waals surface area (Å²) in [6.45, 7) is 10.7. The van der Waals surface area contributed by atoms with Crippen LogP contribution in [0.15, 0.2) is 42.7 Å². The second kappa shape index (κ2) is 12.4. The van der Waals surface area contributed by atoms with Crippen molar-refractivity contribution in [2.45, 2.75) is 39.5 Å². The Balaban J connectivity index is 1.47. The highest BCUT2D eigenvalue weighted by molar-refractivity contribution is 6.00. The predicted octanol–water partition coefficient (Wildman–Crippen LogP) is 4.75. The molecule has 11 heteroatoms. The first-order valence-corrected chi connectivity index (χ1v) is 15.0. The Hall–Kier alpha value is -4.56. The Labute approximate surface area is 251 Å². The second-order valence-corrected chi connectivity index (χ2v) is 11.2. The summed E-state index contributed by atoms with van der Waals surface area (Å²) in [7, 11) is 0. The van der Waals surface area contributed by atoms with E-state index in [1.807, 2.05) is 35.1 Å². The maximum absolute atomic E-state index is 13.0. The fraction of sp³-hybridized carbons (Fsp3) is 0.438. The number of rotatable bonds is 7. The lowest BCUT2D eigenvalue weighted by molar-refractivity contribution is 0.0520. The van der Waals surface area contributed by atoms with Gasteiger partial charge < -0.3 is 19.3 Å². The van der Waals surface area contributed by atoms with Crippen molar-refractivity contribution in [2.24, 2.45) is 5.92 Å². The van der Waals surface area contributed by atoms with Crippen molar-refractivity contribution in [3.63, 3.8) is 0 Å². The molecular weight excluding hydrogens is 544 g/mol. The average molecular weight is 581 g/mol. The zero-order valence-corrected chi connectivity index (χ0v) is 24.9. The van der Waals surface area contributed by atoms with Crippen molar-refractivity contribution in [1.82, 2.24) is 24.7 Å². The SMILES string of the molecule is CCOC(=O)c1cc(-c2ccc(N3CCC(C#N)CC3)nc2)c2c(C(C)C)nn(-c3ccnc(N4CCOCC4)c3)c2n1. The summed E-state index contributed by atoms with van der Waals surface area (Å²) in [5.74, 6) is 1.43. The number of fused-ring (bicyclic) bond motifs is 1. The molecule has 0 aliphatic carbocycles. The summed E-state index contributed by atoms with van der Waals surface area (Å²) in [6, 6.07) is 12.1. The van der Waals surface area contributed by atoms with E-state index in [0.29, 0.717) is 18.9 Å². The minimum absolute atomic E-state index is 0.0898.